The van der Waals surface area contributed by atoms with Gasteiger partial charge in [-0.25, -0.2) is 17.6 Å². The number of halogens is 4. The quantitative estimate of drug-likeness (QED) is 0.235. The van der Waals surface area contributed by atoms with E-state index in [1.807, 2.05) is 0 Å². The van der Waals surface area contributed by atoms with Crippen LogP contribution in [0.15, 0.2) is 36.5 Å². The molecule has 10 heteroatoms. The first-order valence-electron chi connectivity index (χ1n) is 13.0. The lowest BCUT2D eigenvalue weighted by atomic mass is 9.73. The van der Waals surface area contributed by atoms with E-state index >= 15 is 0 Å². The number of aliphatic carboxylic acids is 1. The fraction of sp³-hybridized carbons (Fsp3) is 0.448. The Bertz CT molecular complexity index is 1320. The number of carboxylic acid groups (broad SMARTS) is 1. The molecule has 39 heavy (non-hydrogen) atoms. The van der Waals surface area contributed by atoms with Gasteiger partial charge >= 0.3 is 5.97 Å². The molecule has 0 unspecified atom stereocenters. The molecule has 3 aromatic rings. The summed E-state index contributed by atoms with van der Waals surface area (Å²) in [5, 5.41) is 21.8. The highest BCUT2D eigenvalue weighted by atomic mass is 19.2. The zero-order valence-electron chi connectivity index (χ0n) is 21.7. The number of nitrogens with zero attached hydrogens (tertiary/aromatic N) is 2. The Kier molecular flexibility index (Phi) is 9.07. The van der Waals surface area contributed by atoms with Gasteiger partial charge in [0, 0.05) is 23.2 Å². The van der Waals surface area contributed by atoms with Gasteiger partial charge in [0.25, 0.3) is 0 Å². The second kappa shape index (κ2) is 12.3. The van der Waals surface area contributed by atoms with Gasteiger partial charge in [0.15, 0.2) is 11.6 Å². The Hall–Kier alpha value is -3.24. The fourth-order valence-electron chi connectivity index (χ4n) is 5.48. The first kappa shape index (κ1) is 28.8. The van der Waals surface area contributed by atoms with Gasteiger partial charge in [-0.1, -0.05) is 0 Å². The third-order valence-corrected chi connectivity index (χ3v) is 7.83. The second-order valence-corrected chi connectivity index (χ2v) is 10.2. The molecule has 0 saturated carbocycles. The van der Waals surface area contributed by atoms with Crippen molar-refractivity contribution in [3.8, 4) is 5.75 Å². The Balaban J connectivity index is 1.39. The number of piperidine rings is 1. The fourth-order valence-corrected chi connectivity index (χ4v) is 5.48. The molecule has 1 fully saturated rings. The summed E-state index contributed by atoms with van der Waals surface area (Å²) >= 11 is 0. The van der Waals surface area contributed by atoms with E-state index in [1.54, 1.807) is 18.2 Å². The third-order valence-electron chi connectivity index (χ3n) is 7.83. The highest BCUT2D eigenvalue weighted by molar-refractivity contribution is 5.85. The van der Waals surface area contributed by atoms with Gasteiger partial charge in [-0.2, -0.15) is 0 Å². The van der Waals surface area contributed by atoms with Gasteiger partial charge in [-0.05, 0) is 93.6 Å². The molecule has 0 bridgehead atoms. The van der Waals surface area contributed by atoms with Crippen LogP contribution in [0.3, 0.4) is 0 Å². The van der Waals surface area contributed by atoms with Crippen LogP contribution in [0.1, 0.15) is 54.9 Å². The summed E-state index contributed by atoms with van der Waals surface area (Å²) < 4.78 is 59.9. The predicted octanol–water partition coefficient (Wildman–Crippen LogP) is 5.74. The van der Waals surface area contributed by atoms with Crippen molar-refractivity contribution in [1.82, 2.24) is 9.88 Å². The molecule has 1 saturated heterocycles. The van der Waals surface area contributed by atoms with Crippen molar-refractivity contribution in [3.05, 3.63) is 70.7 Å². The van der Waals surface area contributed by atoms with Crippen molar-refractivity contribution in [3.63, 3.8) is 0 Å². The SMILES string of the molecule is COc1ccc2ncc(CF)c([C@@H](O)CCC3(C(=O)O)CCN(CCCc4cc(F)cc(F)c4F)CC3)c2c1. The Morgan fingerprint density at radius 3 is 2.56 bits per heavy atom. The number of aryl methyl sites for hydroxylation is 1. The lowest BCUT2D eigenvalue weighted by molar-refractivity contribution is -0.153. The van der Waals surface area contributed by atoms with Crippen molar-refractivity contribution in [2.24, 2.45) is 5.41 Å². The Labute approximate surface area is 224 Å². The van der Waals surface area contributed by atoms with Crippen LogP contribution in [-0.4, -0.2) is 52.8 Å². The number of aromatic nitrogens is 1. The number of carbonyl (C=O) groups is 1. The van der Waals surface area contributed by atoms with Crippen LogP contribution in [0, 0.1) is 22.9 Å². The van der Waals surface area contributed by atoms with Gasteiger partial charge in [0.2, 0.25) is 0 Å². The molecule has 0 spiro atoms. The zero-order valence-corrected chi connectivity index (χ0v) is 21.7. The number of fused-ring (bicyclic) bond motifs is 1. The van der Waals surface area contributed by atoms with E-state index in [0.29, 0.717) is 67.2 Å². The maximum Gasteiger partial charge on any atom is 0.309 e. The summed E-state index contributed by atoms with van der Waals surface area (Å²) in [5.74, 6) is -3.50. The summed E-state index contributed by atoms with van der Waals surface area (Å²) in [6.07, 6.45) is 1.94. The first-order valence-corrected chi connectivity index (χ1v) is 13.0. The monoisotopic (exact) mass is 548 g/mol. The van der Waals surface area contributed by atoms with Gasteiger partial charge in [-0.15, -0.1) is 0 Å². The van der Waals surface area contributed by atoms with Crippen LogP contribution in [0.25, 0.3) is 10.9 Å². The molecule has 0 amide bonds. The maximum absolute atomic E-state index is 13.9. The lowest BCUT2D eigenvalue weighted by Crippen LogP contribution is -2.44. The molecule has 210 valence electrons. The highest BCUT2D eigenvalue weighted by Crippen LogP contribution is 2.40. The number of carboxylic acids is 1. The van der Waals surface area contributed by atoms with Crippen LogP contribution >= 0.6 is 0 Å². The van der Waals surface area contributed by atoms with Crippen molar-refractivity contribution in [1.29, 1.82) is 0 Å². The minimum absolute atomic E-state index is 0.0210. The van der Waals surface area contributed by atoms with Crippen LogP contribution in [-0.2, 0) is 17.9 Å². The van der Waals surface area contributed by atoms with Crippen LogP contribution in [0.5, 0.6) is 5.75 Å². The number of likely N-dealkylation sites (tertiary alicyclic amines) is 1. The van der Waals surface area contributed by atoms with Crippen molar-refractivity contribution in [2.45, 2.75) is 51.3 Å². The summed E-state index contributed by atoms with van der Waals surface area (Å²) in [7, 11) is 1.51. The zero-order chi connectivity index (χ0) is 28.2. The normalized spacial score (nSPS) is 16.4. The van der Waals surface area contributed by atoms with Crippen molar-refractivity contribution in [2.75, 3.05) is 26.7 Å². The molecule has 1 atom stereocenters. The minimum Gasteiger partial charge on any atom is -0.497 e. The topological polar surface area (TPSA) is 82.9 Å². The smallest absolute Gasteiger partial charge is 0.309 e. The molecule has 6 nitrogen and oxygen atoms in total. The molecular formula is C29H32F4N2O4. The standard InChI is InChI=1S/C29H32F4N2O4/c1-39-21-4-5-24-22(15-21)26(19(16-30)17-34-24)25(36)6-7-29(28(37)38)8-11-35(12-9-29)10-2-3-18-13-20(31)14-23(32)27(18)33/h4-5,13-15,17,25,36H,2-3,6-12,16H2,1H3,(H,37,38)/t25-/m0/s1. The number of hydrogen-bond acceptors (Lipinski definition) is 5. The van der Waals surface area contributed by atoms with Gasteiger partial charge in [0.1, 0.15) is 18.2 Å². The van der Waals surface area contributed by atoms with E-state index < -0.39 is 41.6 Å². The average Bonchev–Trinajstić information content (AvgIpc) is 2.93. The molecule has 0 radical (unpaired) electrons. The number of alkyl halides is 1. The summed E-state index contributed by atoms with van der Waals surface area (Å²) in [4.78, 5) is 18.7. The predicted molar refractivity (Wildman–Crippen MR) is 138 cm³/mol. The summed E-state index contributed by atoms with van der Waals surface area (Å²) in [5.41, 5.74) is 0.139. The molecule has 0 aliphatic carbocycles. The summed E-state index contributed by atoms with van der Waals surface area (Å²) in [6.45, 7) is 0.666. The number of pyridine rings is 1. The van der Waals surface area contributed by atoms with Gasteiger partial charge < -0.3 is 19.8 Å². The maximum atomic E-state index is 13.9. The highest BCUT2D eigenvalue weighted by Gasteiger charge is 2.41. The first-order chi connectivity index (χ1) is 18.7. The average molecular weight is 549 g/mol. The molecule has 1 aliphatic heterocycles. The second-order valence-electron chi connectivity index (χ2n) is 10.2. The molecule has 2 aromatic carbocycles. The molecule has 1 aliphatic rings. The van der Waals surface area contributed by atoms with E-state index in [2.05, 4.69) is 9.88 Å². The Morgan fingerprint density at radius 1 is 1.15 bits per heavy atom. The van der Waals surface area contributed by atoms with Crippen molar-refractivity contribution >= 4 is 16.9 Å². The van der Waals surface area contributed by atoms with Crippen LogP contribution in [0.4, 0.5) is 17.6 Å². The molecule has 2 N–H and O–H groups in total. The van der Waals surface area contributed by atoms with Crippen LogP contribution < -0.4 is 4.74 Å². The molecule has 1 aromatic heterocycles. The molecular weight excluding hydrogens is 516 g/mol. The molecule has 4 rings (SSSR count). The van der Waals surface area contributed by atoms with Gasteiger partial charge in [0.05, 0.1) is 24.1 Å². The van der Waals surface area contributed by atoms with E-state index in [1.165, 1.54) is 13.3 Å². The van der Waals surface area contributed by atoms with E-state index in [0.717, 1.165) is 6.07 Å². The van der Waals surface area contributed by atoms with Crippen LogP contribution in [0.2, 0.25) is 0 Å². The number of hydrogen-bond donors (Lipinski definition) is 2. The summed E-state index contributed by atoms with van der Waals surface area (Å²) in [6, 6.07) is 6.64. The van der Waals surface area contributed by atoms with Gasteiger partial charge in [-0.3, -0.25) is 9.78 Å². The number of aliphatic hydroxyl groups excluding tert-OH is 1. The lowest BCUT2D eigenvalue weighted by Gasteiger charge is -2.39. The number of methoxy groups -OCH3 is 1. The van der Waals surface area contributed by atoms with Crippen molar-refractivity contribution < 1.29 is 37.3 Å². The molecule has 2 heterocycles. The van der Waals surface area contributed by atoms with E-state index in [9.17, 15) is 32.6 Å². The number of rotatable bonds is 11. The number of aliphatic hydroxyl groups is 1. The number of benzene rings is 2. The van der Waals surface area contributed by atoms with E-state index in [-0.39, 0.29) is 30.4 Å². The number of ether oxygens (including phenoxy) is 1. The Morgan fingerprint density at radius 2 is 1.90 bits per heavy atom. The minimum atomic E-state index is -1.21. The van der Waals surface area contributed by atoms with E-state index in [4.69, 9.17) is 4.74 Å². The largest absolute Gasteiger partial charge is 0.497 e. The third kappa shape index (κ3) is 6.33.